The highest BCUT2D eigenvalue weighted by Gasteiger charge is 2.04. The molecule has 2 aromatic carbocycles. The van der Waals surface area contributed by atoms with Crippen LogP contribution in [0.25, 0.3) is 10.9 Å². The zero-order valence-electron chi connectivity index (χ0n) is 9.83. The Morgan fingerprint density at radius 2 is 1.76 bits per heavy atom. The fraction of sp³-hybridized carbons (Fsp3) is 0.125. The second kappa shape index (κ2) is 4.10. The largest absolute Gasteiger partial charge is 0.353 e. The molecule has 0 atom stereocenters. The molecule has 0 bridgehead atoms. The van der Waals surface area contributed by atoms with Gasteiger partial charge in [-0.2, -0.15) is 0 Å². The van der Waals surface area contributed by atoms with Gasteiger partial charge in [-0.25, -0.2) is 0 Å². The lowest BCUT2D eigenvalue weighted by Crippen LogP contribution is -1.86. The molecule has 17 heavy (non-hydrogen) atoms. The molecule has 83 valence electrons. The van der Waals surface area contributed by atoms with Gasteiger partial charge < -0.3 is 4.98 Å². The summed E-state index contributed by atoms with van der Waals surface area (Å²) in [6, 6.07) is 17.0. The molecule has 0 amide bonds. The van der Waals surface area contributed by atoms with Crippen molar-refractivity contribution in [1.82, 2.24) is 4.98 Å². The van der Waals surface area contributed by atoms with Gasteiger partial charge in [-0.05, 0) is 24.1 Å². The van der Waals surface area contributed by atoms with Gasteiger partial charge in [0.15, 0.2) is 0 Å². The first-order valence-corrected chi connectivity index (χ1v) is 5.86. The fourth-order valence-corrected chi connectivity index (χ4v) is 2.11. The number of benzene rings is 2. The van der Waals surface area contributed by atoms with Gasteiger partial charge in [0.25, 0.3) is 0 Å². The van der Waals surface area contributed by atoms with E-state index in [1.54, 1.807) is 0 Å². The number of aryl methyl sites for hydroxylation is 1. The summed E-state index contributed by atoms with van der Waals surface area (Å²) < 4.78 is 0. The Hall–Kier alpha value is -2.02. The van der Waals surface area contributed by atoms with Crippen LogP contribution >= 0.6 is 0 Å². The van der Waals surface area contributed by atoms with Gasteiger partial charge >= 0.3 is 0 Å². The van der Waals surface area contributed by atoms with Crippen LogP contribution in [-0.4, -0.2) is 4.98 Å². The average molecular weight is 220 g/mol. The molecule has 0 unspecified atom stereocenters. The van der Waals surface area contributed by atoms with Crippen molar-refractivity contribution in [3.05, 3.63) is 71.4 Å². The van der Waals surface area contributed by atoms with E-state index >= 15 is 0 Å². The summed E-state index contributed by atoms with van der Waals surface area (Å²) in [4.78, 5) is 3.19. The van der Waals surface area contributed by atoms with E-state index in [9.17, 15) is 0 Å². The van der Waals surface area contributed by atoms with E-state index in [2.05, 4.69) is 60.6 Å². The zero-order chi connectivity index (χ0) is 11.7. The van der Waals surface area contributed by atoms with Crippen molar-refractivity contribution in [1.29, 1.82) is 0 Å². The number of fused-ring (bicyclic) bond motifs is 1. The predicted molar refractivity (Wildman–Crippen MR) is 71.1 cm³/mol. The summed E-state index contributed by atoms with van der Waals surface area (Å²) in [5, 5.41) is 1.27. The summed E-state index contributed by atoms with van der Waals surface area (Å²) >= 11 is 0. The van der Waals surface area contributed by atoms with Crippen molar-refractivity contribution in [3.63, 3.8) is 0 Å². The topological polar surface area (TPSA) is 15.8 Å². The maximum atomic E-state index is 3.25. The molecule has 0 aliphatic heterocycles. The number of rotatable bonds is 2. The Labute approximate surface area is 101 Å². The van der Waals surface area contributed by atoms with Crippen LogP contribution in [0.3, 0.4) is 0 Å². The molecule has 1 aromatic heterocycles. The molecule has 0 fully saturated rings. The molecule has 0 spiro atoms. The third kappa shape index (κ3) is 1.96. The van der Waals surface area contributed by atoms with Crippen LogP contribution < -0.4 is 0 Å². The monoisotopic (exact) mass is 220 g/mol. The molecule has 1 nitrogen and oxygen atoms in total. The lowest BCUT2D eigenvalue weighted by molar-refractivity contribution is 1.19. The fourth-order valence-electron chi connectivity index (χ4n) is 2.11. The number of hydrogen-bond donors (Lipinski definition) is 1. The number of aromatic nitrogens is 1. The van der Waals surface area contributed by atoms with Crippen LogP contribution in [0.1, 0.15) is 16.7 Å². The van der Waals surface area contributed by atoms with Crippen molar-refractivity contribution in [2.45, 2.75) is 13.3 Å². The summed E-state index contributed by atoms with van der Waals surface area (Å²) in [6.07, 6.45) is 4.19. The normalized spacial score (nSPS) is 10.9. The molecule has 0 aliphatic rings. The number of hydrogen-bond acceptors (Lipinski definition) is 0. The van der Waals surface area contributed by atoms with Crippen molar-refractivity contribution < 1.29 is 0 Å². The Morgan fingerprint density at radius 3 is 2.59 bits per heavy atom. The first kappa shape index (κ1) is 10.2. The summed E-state index contributed by atoms with van der Waals surface area (Å²) in [6.45, 7) is 2.11. The number of nitrogens with one attached hydrogen (secondary N) is 1. The van der Waals surface area contributed by atoms with Crippen LogP contribution in [0, 0.1) is 13.1 Å². The molecule has 0 aliphatic carbocycles. The molecular weight excluding hydrogens is 206 g/mol. The second-order valence-electron chi connectivity index (χ2n) is 4.44. The molecular formula is C16H14N. The highest BCUT2D eigenvalue weighted by Crippen LogP contribution is 2.20. The minimum Gasteiger partial charge on any atom is -0.353 e. The van der Waals surface area contributed by atoms with Gasteiger partial charge in [0, 0.05) is 17.3 Å². The molecule has 0 saturated heterocycles. The van der Waals surface area contributed by atoms with Crippen LogP contribution in [0.15, 0.2) is 48.5 Å². The molecule has 1 heteroatoms. The minimum atomic E-state index is 0.935. The molecule has 1 heterocycles. The Bertz CT molecular complexity index is 632. The van der Waals surface area contributed by atoms with Crippen molar-refractivity contribution >= 4 is 10.9 Å². The Morgan fingerprint density at radius 1 is 1.00 bits per heavy atom. The zero-order valence-corrected chi connectivity index (χ0v) is 9.83. The maximum Gasteiger partial charge on any atom is 0.0669 e. The average Bonchev–Trinajstić information content (AvgIpc) is 2.76. The van der Waals surface area contributed by atoms with Crippen molar-refractivity contribution in [3.8, 4) is 0 Å². The van der Waals surface area contributed by atoms with Crippen molar-refractivity contribution in [2.75, 3.05) is 0 Å². The number of para-hydroxylation sites is 1. The van der Waals surface area contributed by atoms with Gasteiger partial charge in [-0.15, -0.1) is 0 Å². The maximum absolute atomic E-state index is 3.25. The lowest BCUT2D eigenvalue weighted by atomic mass is 10.0. The van der Waals surface area contributed by atoms with Gasteiger partial charge in [0.05, 0.1) is 6.20 Å². The predicted octanol–water partition coefficient (Wildman–Crippen LogP) is 3.87. The Kier molecular flexibility index (Phi) is 2.45. The molecule has 0 saturated carbocycles. The number of aromatic amines is 1. The summed E-state index contributed by atoms with van der Waals surface area (Å²) in [5.41, 5.74) is 5.03. The van der Waals surface area contributed by atoms with E-state index < -0.39 is 0 Å². The van der Waals surface area contributed by atoms with Gasteiger partial charge in [-0.3, -0.25) is 0 Å². The molecule has 1 N–H and O–H groups in total. The van der Waals surface area contributed by atoms with E-state index in [1.807, 2.05) is 6.07 Å². The lowest BCUT2D eigenvalue weighted by Gasteiger charge is -2.00. The smallest absolute Gasteiger partial charge is 0.0669 e. The highest BCUT2D eigenvalue weighted by molar-refractivity contribution is 5.83. The van der Waals surface area contributed by atoms with E-state index in [0.29, 0.717) is 0 Å². The van der Waals surface area contributed by atoms with Crippen molar-refractivity contribution in [2.24, 2.45) is 0 Å². The van der Waals surface area contributed by atoms with E-state index in [0.717, 1.165) is 11.9 Å². The second-order valence-corrected chi connectivity index (χ2v) is 4.44. The standard InChI is InChI=1S/C16H14N/c1-12-6-8-13(9-7-12)10-14-11-17-16-5-3-2-4-15(14)16/h2-9,17H,10H2,1H3. The highest BCUT2D eigenvalue weighted by atomic mass is 14.7. The van der Waals surface area contributed by atoms with E-state index in [4.69, 9.17) is 0 Å². The first-order valence-electron chi connectivity index (χ1n) is 5.86. The van der Waals surface area contributed by atoms with Crippen LogP contribution in [0.2, 0.25) is 0 Å². The van der Waals surface area contributed by atoms with Crippen LogP contribution in [-0.2, 0) is 6.42 Å². The minimum absolute atomic E-state index is 0.935. The van der Waals surface area contributed by atoms with E-state index in [-0.39, 0.29) is 0 Å². The van der Waals surface area contributed by atoms with E-state index in [1.165, 1.54) is 22.1 Å². The first-order chi connectivity index (χ1) is 8.33. The summed E-state index contributed by atoms with van der Waals surface area (Å²) in [5.74, 6) is 0. The van der Waals surface area contributed by atoms with Gasteiger partial charge in [0.1, 0.15) is 0 Å². The van der Waals surface area contributed by atoms with Gasteiger partial charge in [-0.1, -0.05) is 48.0 Å². The van der Waals surface area contributed by atoms with Gasteiger partial charge in [0.2, 0.25) is 0 Å². The third-order valence-corrected chi connectivity index (χ3v) is 3.10. The SMILES string of the molecule is Cc1ccc(Cc2[c][nH]c3ccccc23)cc1. The third-order valence-electron chi connectivity index (χ3n) is 3.10. The number of H-pyrrole nitrogens is 1. The molecule has 3 aromatic rings. The van der Waals surface area contributed by atoms with Crippen LogP contribution in [0.4, 0.5) is 0 Å². The van der Waals surface area contributed by atoms with Crippen LogP contribution in [0.5, 0.6) is 0 Å². The molecule has 1 radical (unpaired) electrons. The summed E-state index contributed by atoms with van der Waals surface area (Å²) in [7, 11) is 0. The molecule has 3 rings (SSSR count). The quantitative estimate of drug-likeness (QED) is 0.675. The Balaban J connectivity index is 1.97.